The molecular weight excluding hydrogens is 268 g/mol. The number of fused-ring (bicyclic) bond motifs is 1. The number of nitrogens with zero attached hydrogens (tertiary/aromatic N) is 3. The molecule has 0 aliphatic carbocycles. The van der Waals surface area contributed by atoms with E-state index in [0.717, 1.165) is 16.5 Å². The van der Waals surface area contributed by atoms with Crippen LogP contribution in [0.1, 0.15) is 12.0 Å². The first kappa shape index (κ1) is 13.2. The third-order valence-electron chi connectivity index (χ3n) is 3.33. The van der Waals surface area contributed by atoms with Gasteiger partial charge in [-0.1, -0.05) is 18.2 Å². The Bertz CT molecular complexity index is 741. The molecule has 6 heteroatoms. The molecule has 1 amide bonds. The Labute approximate surface area is 121 Å². The monoisotopic (exact) mass is 282 g/mol. The molecule has 21 heavy (non-hydrogen) atoms. The number of benzene rings is 1. The van der Waals surface area contributed by atoms with Crippen LogP contribution >= 0.6 is 0 Å². The molecular formula is C15H14N4O2. The number of aromatic amines is 1. The number of carbonyl (C=O) groups excluding carboxylic acids is 1. The molecule has 0 atom stereocenters. The minimum atomic E-state index is -0.215. The van der Waals surface area contributed by atoms with Gasteiger partial charge < -0.3 is 9.72 Å². The van der Waals surface area contributed by atoms with E-state index in [1.807, 2.05) is 36.5 Å². The zero-order valence-corrected chi connectivity index (χ0v) is 11.4. The Balaban J connectivity index is 1.81. The van der Waals surface area contributed by atoms with Gasteiger partial charge in [-0.15, -0.1) is 5.10 Å². The van der Waals surface area contributed by atoms with Crippen molar-refractivity contribution in [2.24, 2.45) is 5.10 Å². The maximum atomic E-state index is 11.6. The van der Waals surface area contributed by atoms with Gasteiger partial charge in [0.2, 0.25) is 5.90 Å². The van der Waals surface area contributed by atoms with Gasteiger partial charge in [0.05, 0.1) is 25.5 Å². The fourth-order valence-electron chi connectivity index (χ4n) is 2.30. The van der Waals surface area contributed by atoms with Gasteiger partial charge in [0, 0.05) is 17.1 Å². The van der Waals surface area contributed by atoms with Crippen LogP contribution in [-0.2, 0) is 16.0 Å². The van der Waals surface area contributed by atoms with Crippen LogP contribution < -0.4 is 0 Å². The lowest BCUT2D eigenvalue weighted by molar-refractivity contribution is -0.135. The van der Waals surface area contributed by atoms with Gasteiger partial charge in [0.15, 0.2) is 6.61 Å². The molecule has 2 aromatic rings. The molecule has 1 aromatic carbocycles. The molecule has 1 N–H and O–H groups in total. The van der Waals surface area contributed by atoms with E-state index in [4.69, 9.17) is 10.00 Å². The quantitative estimate of drug-likeness (QED) is 0.928. The van der Waals surface area contributed by atoms with E-state index >= 15 is 0 Å². The minimum absolute atomic E-state index is 0.0212. The van der Waals surface area contributed by atoms with E-state index in [2.05, 4.69) is 10.1 Å². The summed E-state index contributed by atoms with van der Waals surface area (Å²) >= 11 is 0. The molecule has 0 spiro atoms. The molecule has 3 rings (SSSR count). The third-order valence-corrected chi connectivity index (χ3v) is 3.33. The van der Waals surface area contributed by atoms with Crippen molar-refractivity contribution in [2.75, 3.05) is 13.2 Å². The molecule has 0 radical (unpaired) electrons. The maximum Gasteiger partial charge on any atom is 0.280 e. The Hall–Kier alpha value is -2.81. The number of hydrogen-bond donors (Lipinski definition) is 1. The van der Waals surface area contributed by atoms with E-state index < -0.39 is 0 Å². The lowest BCUT2D eigenvalue weighted by Crippen LogP contribution is -2.37. The average molecular weight is 282 g/mol. The smallest absolute Gasteiger partial charge is 0.280 e. The van der Waals surface area contributed by atoms with Gasteiger partial charge in [-0.25, -0.2) is 5.01 Å². The van der Waals surface area contributed by atoms with Crippen molar-refractivity contribution < 1.29 is 9.53 Å². The van der Waals surface area contributed by atoms with Gasteiger partial charge in [0.25, 0.3) is 5.91 Å². The van der Waals surface area contributed by atoms with Crippen LogP contribution in [0.15, 0.2) is 35.6 Å². The summed E-state index contributed by atoms with van der Waals surface area (Å²) in [5, 5.41) is 15.2. The number of hydrazone groups is 1. The standard InChI is InChI=1S/C15H14N4O2/c16-6-3-7-19-15(20)10-21-14(18-19)8-11-9-17-13-5-2-1-4-12(11)13/h1-2,4-5,9,17H,3,7-8,10H2. The van der Waals surface area contributed by atoms with Crippen LogP contribution in [0.4, 0.5) is 0 Å². The predicted octanol–water partition coefficient (Wildman–Crippen LogP) is 1.80. The highest BCUT2D eigenvalue weighted by Crippen LogP contribution is 2.19. The highest BCUT2D eigenvalue weighted by atomic mass is 16.5. The van der Waals surface area contributed by atoms with Crippen molar-refractivity contribution in [2.45, 2.75) is 12.8 Å². The predicted molar refractivity (Wildman–Crippen MR) is 77.3 cm³/mol. The number of carbonyl (C=O) groups is 1. The summed E-state index contributed by atoms with van der Waals surface area (Å²) in [6.07, 6.45) is 2.70. The SMILES string of the molecule is N#CCCN1N=C(Cc2c[nH]c3ccccc23)OCC1=O. The number of hydrogen-bond acceptors (Lipinski definition) is 4. The molecule has 1 aliphatic rings. The summed E-state index contributed by atoms with van der Waals surface area (Å²) in [4.78, 5) is 14.8. The third kappa shape index (κ3) is 2.72. The number of rotatable bonds is 4. The fourth-order valence-corrected chi connectivity index (χ4v) is 2.30. The molecule has 0 saturated carbocycles. The van der Waals surface area contributed by atoms with Gasteiger partial charge in [-0.3, -0.25) is 4.79 Å². The highest BCUT2D eigenvalue weighted by molar-refractivity contribution is 5.92. The number of nitrogens with one attached hydrogen (secondary N) is 1. The summed E-state index contributed by atoms with van der Waals surface area (Å²) in [5.74, 6) is 0.283. The molecule has 106 valence electrons. The highest BCUT2D eigenvalue weighted by Gasteiger charge is 2.21. The van der Waals surface area contributed by atoms with Gasteiger partial charge in [-0.05, 0) is 11.6 Å². The Morgan fingerprint density at radius 3 is 3.14 bits per heavy atom. The Morgan fingerprint density at radius 1 is 1.43 bits per heavy atom. The molecule has 0 unspecified atom stereocenters. The number of nitriles is 1. The van der Waals surface area contributed by atoms with Crippen LogP contribution in [0.3, 0.4) is 0 Å². The fraction of sp³-hybridized carbons (Fsp3) is 0.267. The van der Waals surface area contributed by atoms with E-state index in [1.165, 1.54) is 5.01 Å². The van der Waals surface area contributed by atoms with E-state index in [0.29, 0.717) is 18.9 Å². The Morgan fingerprint density at radius 2 is 2.29 bits per heavy atom. The normalized spacial score (nSPS) is 14.7. The summed E-state index contributed by atoms with van der Waals surface area (Å²) in [7, 11) is 0. The summed E-state index contributed by atoms with van der Waals surface area (Å²) in [5.41, 5.74) is 2.13. The lowest BCUT2D eigenvalue weighted by Gasteiger charge is -2.22. The number of amides is 1. The molecule has 1 aromatic heterocycles. The molecule has 1 aliphatic heterocycles. The number of H-pyrrole nitrogens is 1. The van der Waals surface area contributed by atoms with Crippen LogP contribution in [-0.4, -0.2) is 34.9 Å². The summed E-state index contributed by atoms with van der Waals surface area (Å²) in [6, 6.07) is 10.00. The topological polar surface area (TPSA) is 81.5 Å². The minimum Gasteiger partial charge on any atom is -0.469 e. The molecule has 0 fully saturated rings. The van der Waals surface area contributed by atoms with Crippen molar-refractivity contribution >= 4 is 22.7 Å². The van der Waals surface area contributed by atoms with Gasteiger partial charge >= 0.3 is 0 Å². The second kappa shape index (κ2) is 5.67. The molecule has 0 saturated heterocycles. The van der Waals surface area contributed by atoms with Gasteiger partial charge in [-0.2, -0.15) is 5.26 Å². The van der Waals surface area contributed by atoms with Crippen molar-refractivity contribution in [3.8, 4) is 6.07 Å². The van der Waals surface area contributed by atoms with Crippen molar-refractivity contribution in [1.82, 2.24) is 9.99 Å². The number of aromatic nitrogens is 1. The first-order valence-corrected chi connectivity index (χ1v) is 6.70. The van der Waals surface area contributed by atoms with E-state index in [9.17, 15) is 4.79 Å². The number of para-hydroxylation sites is 1. The molecule has 0 bridgehead atoms. The van der Waals surface area contributed by atoms with Crippen LogP contribution in [0, 0.1) is 11.3 Å². The van der Waals surface area contributed by atoms with Gasteiger partial charge in [0.1, 0.15) is 0 Å². The van der Waals surface area contributed by atoms with Crippen molar-refractivity contribution in [3.05, 3.63) is 36.0 Å². The zero-order chi connectivity index (χ0) is 14.7. The van der Waals surface area contributed by atoms with Crippen LogP contribution in [0.25, 0.3) is 10.9 Å². The largest absolute Gasteiger partial charge is 0.469 e. The van der Waals surface area contributed by atoms with Crippen LogP contribution in [0.5, 0.6) is 0 Å². The first-order valence-electron chi connectivity index (χ1n) is 6.70. The van der Waals surface area contributed by atoms with Crippen molar-refractivity contribution in [3.63, 3.8) is 0 Å². The lowest BCUT2D eigenvalue weighted by atomic mass is 10.1. The Kier molecular flexibility index (Phi) is 3.56. The van der Waals surface area contributed by atoms with Crippen LogP contribution in [0.2, 0.25) is 0 Å². The molecule has 2 heterocycles. The first-order chi connectivity index (χ1) is 10.3. The zero-order valence-electron chi connectivity index (χ0n) is 11.4. The molecule has 6 nitrogen and oxygen atoms in total. The summed E-state index contributed by atoms with van der Waals surface area (Å²) < 4.78 is 5.38. The average Bonchev–Trinajstić information content (AvgIpc) is 2.91. The van der Waals surface area contributed by atoms with E-state index in [-0.39, 0.29) is 18.9 Å². The second-order valence-electron chi connectivity index (χ2n) is 4.74. The number of ether oxygens (including phenoxy) is 1. The second-order valence-corrected chi connectivity index (χ2v) is 4.74. The maximum absolute atomic E-state index is 11.6. The van der Waals surface area contributed by atoms with Crippen molar-refractivity contribution in [1.29, 1.82) is 5.26 Å². The summed E-state index contributed by atoms with van der Waals surface area (Å²) in [6.45, 7) is 0.280. The van der Waals surface area contributed by atoms with E-state index in [1.54, 1.807) is 0 Å².